The Morgan fingerprint density at radius 3 is 2.11 bits per heavy atom. The van der Waals surface area contributed by atoms with Crippen LogP contribution in [0.2, 0.25) is 0 Å². The summed E-state index contributed by atoms with van der Waals surface area (Å²) in [5.41, 5.74) is -0.268. The molecule has 1 amide bonds. The minimum Gasteiger partial charge on any atom is -0.504 e. The number of cyclic esters (lactones) is 2. The van der Waals surface area contributed by atoms with E-state index in [1.54, 1.807) is 68.2 Å². The van der Waals surface area contributed by atoms with E-state index in [4.69, 9.17) is 47.4 Å². The fourth-order valence-corrected chi connectivity index (χ4v) is 18.9. The van der Waals surface area contributed by atoms with Crippen LogP contribution in [0, 0.1) is 52.3 Å². The van der Waals surface area contributed by atoms with Gasteiger partial charge in [-0.15, -0.1) is 0 Å². The highest BCUT2D eigenvalue weighted by molar-refractivity contribution is 6.39. The molecule has 4 heterocycles. The minimum absolute atomic E-state index is 0.0196. The number of carbonyl (C=O) groups is 10. The van der Waals surface area contributed by atoms with Crippen LogP contribution >= 0.6 is 0 Å². The maximum absolute atomic E-state index is 14.9. The van der Waals surface area contributed by atoms with Gasteiger partial charge in [0, 0.05) is 122 Å². The summed E-state index contributed by atoms with van der Waals surface area (Å²) in [6, 6.07) is -1.23. The van der Waals surface area contributed by atoms with Crippen LogP contribution in [-0.2, 0) is 95.3 Å². The Bertz CT molecular complexity index is 3680. The summed E-state index contributed by atoms with van der Waals surface area (Å²) < 4.78 is 60.4. The Morgan fingerprint density at radius 2 is 1.46 bits per heavy atom. The molecule has 4 aliphatic carbocycles. The summed E-state index contributed by atoms with van der Waals surface area (Å²) in [5, 5.41) is 36.0. The smallest absolute Gasteiger partial charge is 0.340 e. The monoisotopic (exact) mass is 1600 g/mol. The van der Waals surface area contributed by atoms with E-state index in [0.29, 0.717) is 114 Å². The number of unbranched alkanes of at least 4 members (excludes halogenated alkanes) is 3. The zero-order valence-corrected chi connectivity index (χ0v) is 70.7. The van der Waals surface area contributed by atoms with Gasteiger partial charge in [-0.2, -0.15) is 0 Å². The first kappa shape index (κ1) is 92.5. The first-order valence-corrected chi connectivity index (χ1v) is 41.5. The first-order chi connectivity index (χ1) is 54.0. The summed E-state index contributed by atoms with van der Waals surface area (Å²) in [6.07, 6.45) is 12.7. The van der Waals surface area contributed by atoms with Crippen molar-refractivity contribution in [2.24, 2.45) is 52.3 Å². The predicted octanol–water partition coefficient (Wildman–Crippen LogP) is 10.8. The molecule has 3 N–H and O–H groups in total. The number of Topliss-reactive ketones (excluding diaryl/α,β-unsaturated/α-hetero) is 4. The molecule has 21 atom stereocenters. The number of aliphatic hydroxyl groups excluding tert-OH is 2. The highest BCUT2D eigenvalue weighted by Crippen LogP contribution is 2.64. The lowest BCUT2D eigenvalue weighted by Gasteiger charge is -2.54. The van der Waals surface area contributed by atoms with Crippen molar-refractivity contribution >= 4 is 58.9 Å². The molecule has 0 spiro atoms. The lowest BCUT2D eigenvalue weighted by molar-refractivity contribution is -0.265. The number of hydrogen-bond donors (Lipinski definition) is 3. The molecule has 114 heavy (non-hydrogen) atoms. The highest BCUT2D eigenvalue weighted by atomic mass is 16.6. The number of amides is 1. The summed E-state index contributed by atoms with van der Waals surface area (Å²) >= 11 is 0. The fourth-order valence-electron chi connectivity index (χ4n) is 18.9. The Kier molecular flexibility index (Phi) is 33.6. The van der Waals surface area contributed by atoms with Crippen LogP contribution in [-0.4, -0.2) is 238 Å². The molecule has 0 aromatic rings. The number of ether oxygens (including phenoxy) is 10. The number of methoxy groups -OCH3 is 4. The van der Waals surface area contributed by atoms with Gasteiger partial charge in [0.05, 0.1) is 35.9 Å². The molecule has 3 saturated heterocycles. The van der Waals surface area contributed by atoms with Gasteiger partial charge in [0.25, 0.3) is 11.7 Å². The van der Waals surface area contributed by atoms with Crippen molar-refractivity contribution in [2.45, 2.75) is 283 Å². The van der Waals surface area contributed by atoms with Gasteiger partial charge in [0.2, 0.25) is 11.6 Å². The number of ketones is 4. The summed E-state index contributed by atoms with van der Waals surface area (Å²) in [6.45, 7) is 18.8. The number of carbonyl (C=O) groups excluding carboxylic acids is 10. The van der Waals surface area contributed by atoms with Gasteiger partial charge in [0.15, 0.2) is 11.5 Å². The Balaban J connectivity index is 0.888. The van der Waals surface area contributed by atoms with Crippen LogP contribution in [0.5, 0.6) is 0 Å². The van der Waals surface area contributed by atoms with Crippen LogP contribution in [0.4, 0.5) is 0 Å². The van der Waals surface area contributed by atoms with E-state index in [1.807, 2.05) is 82.0 Å². The number of nitrogens with zero attached hydrogens (tertiary/aromatic N) is 3. The second kappa shape index (κ2) is 41.4. The lowest BCUT2D eigenvalue weighted by Crippen LogP contribution is -2.61. The van der Waals surface area contributed by atoms with Crippen molar-refractivity contribution in [3.63, 3.8) is 0 Å². The maximum Gasteiger partial charge on any atom is 0.340 e. The Labute approximate surface area is 674 Å². The van der Waals surface area contributed by atoms with Gasteiger partial charge in [-0.3, -0.25) is 38.4 Å². The summed E-state index contributed by atoms with van der Waals surface area (Å²) in [4.78, 5) is 147. The molecule has 8 rings (SSSR count). The Hall–Kier alpha value is -7.04. The Morgan fingerprint density at radius 1 is 0.754 bits per heavy atom. The van der Waals surface area contributed by atoms with Crippen LogP contribution in [0.25, 0.3) is 0 Å². The number of fused-ring (bicyclic) bond motifs is 7. The average Bonchev–Trinajstić information content (AvgIpc) is 1.16. The van der Waals surface area contributed by atoms with Gasteiger partial charge in [-0.05, 0) is 185 Å². The zero-order valence-electron chi connectivity index (χ0n) is 70.7. The maximum atomic E-state index is 14.9. The van der Waals surface area contributed by atoms with Crippen molar-refractivity contribution in [3.05, 3.63) is 81.9 Å². The standard InChI is InChI=1S/C88H131N3O23/c1-51-28-21-20-22-29-52(2)66(106-15)46-60-35-33-57(7)88(104,114-60)82(100)83(101)91-41-26-25-30-63(91)85(103)111-67(47-64(93)53(3)43-56(6)78(97)81(108-17)77(96)55(5)42-51)54(4)44-59-34-37-65(68(45-59)107-16)110-72(94)31-23-18-19-24-32-73(95)112-70-38-36-62-74-76(69(109-58(8)92)48-86(62,70)9)87(10)71(50-105-14)113-84(102)61(75(87)80(99)79(74)98)49-90(13)40-27-39-89(11)12/h20-22,28-29,43,49,51,53-55,57,59-60,62-63,65-71,78,81,97,99,104H,18-19,23-27,30-42,44-48,50H2,1-17H3/b22-20?,28-21?,52-29?,56-43?,61-49+/t51-,53-,54-,55-,57-,59+,60+,62+,63+,65-,66+,67+,68-,69-,70+,71-,78-,81+,86+,87+,88-/m1/s1. The van der Waals surface area contributed by atoms with Crippen LogP contribution < -0.4 is 0 Å². The van der Waals surface area contributed by atoms with E-state index in [1.165, 1.54) is 26.0 Å². The molecule has 0 radical (unpaired) electrons. The quantitative estimate of drug-likeness (QED) is 0.0214. The number of rotatable bonds is 23. The molecule has 2 saturated carbocycles. The molecule has 0 unspecified atom stereocenters. The van der Waals surface area contributed by atoms with E-state index < -0.39 is 166 Å². The minimum atomic E-state index is -2.50. The third-order valence-electron chi connectivity index (χ3n) is 25.6. The van der Waals surface area contributed by atoms with Gasteiger partial charge in [-0.1, -0.05) is 90.8 Å². The number of piperidine rings is 1. The van der Waals surface area contributed by atoms with E-state index in [9.17, 15) is 63.3 Å². The summed E-state index contributed by atoms with van der Waals surface area (Å²) in [7, 11) is 11.7. The van der Waals surface area contributed by atoms with E-state index in [2.05, 4.69) is 0 Å². The number of hydrogen-bond acceptors (Lipinski definition) is 25. The molecule has 5 fully saturated rings. The molecule has 8 aliphatic rings. The van der Waals surface area contributed by atoms with E-state index >= 15 is 0 Å². The average molecular weight is 1600 g/mol. The largest absolute Gasteiger partial charge is 0.504 e. The molecule has 26 nitrogen and oxygen atoms in total. The topological polar surface area (TPSA) is 333 Å². The number of aliphatic hydroxyl groups is 3. The fraction of sp³-hybridized carbons (Fsp3) is 0.727. The van der Waals surface area contributed by atoms with Crippen molar-refractivity contribution in [1.82, 2.24) is 14.7 Å². The van der Waals surface area contributed by atoms with Gasteiger partial charge in [-0.25, -0.2) is 9.59 Å². The van der Waals surface area contributed by atoms with E-state index in [0.717, 1.165) is 18.5 Å². The molecule has 26 heteroatoms. The molecule has 0 aromatic carbocycles. The van der Waals surface area contributed by atoms with Crippen LogP contribution in [0.15, 0.2) is 81.9 Å². The van der Waals surface area contributed by atoms with Crippen LogP contribution in [0.1, 0.15) is 210 Å². The van der Waals surface area contributed by atoms with E-state index in [-0.39, 0.29) is 91.8 Å². The third-order valence-corrected chi connectivity index (χ3v) is 25.6. The van der Waals surface area contributed by atoms with Crippen molar-refractivity contribution in [1.29, 1.82) is 0 Å². The van der Waals surface area contributed by atoms with Crippen molar-refractivity contribution in [2.75, 3.05) is 75.8 Å². The van der Waals surface area contributed by atoms with Gasteiger partial charge in [0.1, 0.15) is 54.6 Å². The highest BCUT2D eigenvalue weighted by Gasteiger charge is 2.66. The van der Waals surface area contributed by atoms with Crippen LogP contribution in [0.3, 0.4) is 0 Å². The molecule has 636 valence electrons. The second-order valence-corrected chi connectivity index (χ2v) is 34.5. The predicted molar refractivity (Wildman–Crippen MR) is 423 cm³/mol. The van der Waals surface area contributed by atoms with Crippen molar-refractivity contribution < 1.29 is 111 Å². The molecular formula is C88H131N3O23. The van der Waals surface area contributed by atoms with Gasteiger partial charge >= 0.3 is 29.8 Å². The summed E-state index contributed by atoms with van der Waals surface area (Å²) in [5.74, 6) is -12.8. The normalized spacial score (nSPS) is 34.7. The SMILES string of the molecule is COC[C@H]1OC(=O)/C(=C/N(C)CCCN(C)C)C2=C(O)C(=O)C3=C([C@H](OC(C)=O)C[C@]4(C)[C@@H](OC(=O)CCCCCCC(=O)O[C@@H]5CC[C@@H](C[C@@H](C)[C@@H]6CC(=O)[C@H](C)C=C(C)[C@@H](O)[C@@H](OC)C(=O)[C@H](C)C[C@H](C)C=CC=CC=C(C)[C@@H](OC)C[C@@H]7CC[C@@H](C)[C@@](O)(O7)C(=O)C(=O)N7CCCC[C@H]7C(=O)O6)C[C@H]5OC)CC[C@@H]34)[C@]21C. The lowest BCUT2D eigenvalue weighted by atomic mass is 9.53. The number of allylic oxidation sites excluding steroid dienone is 7. The van der Waals surface area contributed by atoms with Gasteiger partial charge < -0.3 is 77.4 Å². The molecule has 2 bridgehead atoms. The van der Waals surface area contributed by atoms with Crippen molar-refractivity contribution in [3.8, 4) is 0 Å². The second-order valence-electron chi connectivity index (χ2n) is 34.5. The number of esters is 5. The molecular weight excluding hydrogens is 1470 g/mol. The zero-order chi connectivity index (χ0) is 83.8. The molecule has 0 aromatic heterocycles. The molecule has 4 aliphatic heterocycles. The third kappa shape index (κ3) is 22.0. The first-order valence-electron chi connectivity index (χ1n) is 41.5.